The minimum absolute atomic E-state index is 0.0165. The maximum Gasteiger partial charge on any atom is 0.217 e. The van der Waals surface area contributed by atoms with Gasteiger partial charge in [0.05, 0.1) is 79.8 Å². The molecule has 0 aliphatic carbocycles. The van der Waals surface area contributed by atoms with Crippen LogP contribution in [0.15, 0.2) is 237 Å². The van der Waals surface area contributed by atoms with Crippen LogP contribution in [0.3, 0.4) is 0 Å². The van der Waals surface area contributed by atoms with Gasteiger partial charge in [0, 0.05) is 6.92 Å². The molecule has 11 rings (SSSR count). The standard InChI is InChI=1S/C77H85NO17/c1-53(79)78-66-70(87-45-57-30-16-6-17-31-57)68(86-49-61-38-40-62(82-2)41-39-61)64(51-84-43-55-26-12-4-13-27-55)93-76(66)95-71-67(80)63(50-83-42-54-24-10-3-11-25-54)92-77(74(71)90-48-60-36-22-9-23-37-60)94-69-65(52-85-44-56-28-14-5-15-29-56)91-75(81)73(89-47-59-34-20-8-21-35-59)72(69)88-46-58-32-18-7-19-33-58/h3-41,63-77,80-81H,42-52H2,1-2H3,(H,78,79)/t63-,64-,65-,66-,67+,68-,69-,70-,71+,72+,73-,74-,75-,76+,77+/m1/s1. The van der Waals surface area contributed by atoms with Gasteiger partial charge in [0.15, 0.2) is 18.9 Å². The summed E-state index contributed by atoms with van der Waals surface area (Å²) in [7, 11) is 1.61. The van der Waals surface area contributed by atoms with E-state index in [4.69, 9.17) is 66.3 Å². The van der Waals surface area contributed by atoms with Crippen molar-refractivity contribution in [2.45, 2.75) is 152 Å². The summed E-state index contributed by atoms with van der Waals surface area (Å²) in [6.07, 6.45) is -17.1. The molecule has 3 heterocycles. The number of aliphatic hydroxyl groups is 2. The Kier molecular flexibility index (Phi) is 26.0. The molecule has 0 unspecified atom stereocenters. The molecule has 0 saturated carbocycles. The highest BCUT2D eigenvalue weighted by atomic mass is 16.8. The topological polar surface area (TPSA) is 199 Å². The molecule has 8 aromatic rings. The zero-order chi connectivity index (χ0) is 65.4. The highest BCUT2D eigenvalue weighted by molar-refractivity contribution is 5.73. The van der Waals surface area contributed by atoms with Crippen molar-refractivity contribution < 1.29 is 81.3 Å². The van der Waals surface area contributed by atoms with E-state index in [0.29, 0.717) is 5.75 Å². The summed E-state index contributed by atoms with van der Waals surface area (Å²) in [5.74, 6) is 0.263. The molecule has 0 spiro atoms. The lowest BCUT2D eigenvalue weighted by atomic mass is 9.94. The van der Waals surface area contributed by atoms with Crippen LogP contribution in [-0.4, -0.2) is 135 Å². The average molecular weight is 1300 g/mol. The molecule has 8 aromatic carbocycles. The third-order valence-electron chi connectivity index (χ3n) is 16.8. The van der Waals surface area contributed by atoms with Crippen molar-refractivity contribution in [1.29, 1.82) is 0 Å². The van der Waals surface area contributed by atoms with Crippen molar-refractivity contribution in [1.82, 2.24) is 5.32 Å². The van der Waals surface area contributed by atoms with Crippen LogP contribution in [0.25, 0.3) is 0 Å². The molecule has 3 saturated heterocycles. The molecular formula is C77H85NO17. The van der Waals surface area contributed by atoms with Gasteiger partial charge < -0.3 is 81.8 Å². The summed E-state index contributed by atoms with van der Waals surface area (Å²) >= 11 is 0. The lowest BCUT2D eigenvalue weighted by Gasteiger charge is -2.51. The number of carbonyl (C=O) groups is 1. The van der Waals surface area contributed by atoms with Gasteiger partial charge in [-0.05, 0) is 56.6 Å². The molecule has 3 aliphatic rings. The summed E-state index contributed by atoms with van der Waals surface area (Å²) in [6, 6.07) is 74.1. The third-order valence-corrected chi connectivity index (χ3v) is 16.8. The van der Waals surface area contributed by atoms with E-state index < -0.39 is 98.0 Å². The predicted molar refractivity (Wildman–Crippen MR) is 352 cm³/mol. The SMILES string of the molecule is COc1ccc(CO[C@H]2[C@H](OCc3ccccc3)[C@@H](NC(C)=O)[C@H](O[C@H]3[C@@H](O)[C@@H](COCc4ccccc4)O[C@@H](O[C@H]4[C@H](OCc5ccccc5)[C@@H](OCc5ccccc5)[C@H](O)O[C@@H]4COCc4ccccc4)[C@@H]3OCc3ccccc3)O[C@@H]2COCc2ccccc2)cc1. The quantitative estimate of drug-likeness (QED) is 0.0351. The fraction of sp³-hybridized carbons (Fsp3) is 0.364. The molecule has 3 N–H and O–H groups in total. The Balaban J connectivity index is 0.995. The van der Waals surface area contributed by atoms with Gasteiger partial charge in [-0.3, -0.25) is 4.79 Å². The Morgan fingerprint density at radius 2 is 0.695 bits per heavy atom. The van der Waals surface area contributed by atoms with E-state index in [-0.39, 0.29) is 72.7 Å². The van der Waals surface area contributed by atoms with E-state index in [1.54, 1.807) is 7.11 Å². The number of aliphatic hydroxyl groups excluding tert-OH is 2. The fourth-order valence-electron chi connectivity index (χ4n) is 11.9. The first-order valence-electron chi connectivity index (χ1n) is 32.3. The maximum atomic E-state index is 13.9. The van der Waals surface area contributed by atoms with Crippen LogP contribution in [0.4, 0.5) is 0 Å². The third kappa shape index (κ3) is 20.0. The zero-order valence-electron chi connectivity index (χ0n) is 53.5. The number of carbonyl (C=O) groups excluding carboxylic acids is 1. The Morgan fingerprint density at radius 1 is 0.358 bits per heavy atom. The monoisotopic (exact) mass is 1300 g/mol. The molecule has 18 heteroatoms. The molecule has 95 heavy (non-hydrogen) atoms. The molecule has 0 bridgehead atoms. The smallest absolute Gasteiger partial charge is 0.217 e. The van der Waals surface area contributed by atoms with Gasteiger partial charge in [0.1, 0.15) is 78.9 Å². The van der Waals surface area contributed by atoms with Gasteiger partial charge in [0.25, 0.3) is 0 Å². The van der Waals surface area contributed by atoms with Crippen molar-refractivity contribution in [3.05, 3.63) is 281 Å². The minimum Gasteiger partial charge on any atom is -0.497 e. The van der Waals surface area contributed by atoms with Crippen molar-refractivity contribution in [3.8, 4) is 5.75 Å². The van der Waals surface area contributed by atoms with Crippen LogP contribution in [-0.2, 0) is 119 Å². The van der Waals surface area contributed by atoms with Crippen LogP contribution in [0, 0.1) is 0 Å². The number of hydrogen-bond acceptors (Lipinski definition) is 17. The number of methoxy groups -OCH3 is 1. The maximum absolute atomic E-state index is 13.9. The van der Waals surface area contributed by atoms with Crippen molar-refractivity contribution >= 4 is 5.91 Å². The fourth-order valence-corrected chi connectivity index (χ4v) is 11.9. The molecule has 1 amide bonds. The number of benzene rings is 8. The molecule has 15 atom stereocenters. The molecule has 0 radical (unpaired) electrons. The molecule has 3 aliphatic heterocycles. The van der Waals surface area contributed by atoms with Crippen molar-refractivity contribution in [3.63, 3.8) is 0 Å². The van der Waals surface area contributed by atoms with E-state index in [1.165, 1.54) is 6.92 Å². The number of amides is 1. The highest BCUT2D eigenvalue weighted by Gasteiger charge is 2.56. The molecule has 18 nitrogen and oxygen atoms in total. The average Bonchev–Trinajstić information content (AvgIpc) is 0.775. The first-order valence-corrected chi connectivity index (χ1v) is 32.3. The summed E-state index contributed by atoms with van der Waals surface area (Å²) in [5, 5.41) is 28.6. The highest BCUT2D eigenvalue weighted by Crippen LogP contribution is 2.38. The number of nitrogens with one attached hydrogen (secondary N) is 1. The summed E-state index contributed by atoms with van der Waals surface area (Å²) in [6.45, 7) is 2.11. The van der Waals surface area contributed by atoms with Gasteiger partial charge in [-0.25, -0.2) is 0 Å². The van der Waals surface area contributed by atoms with E-state index in [9.17, 15) is 15.0 Å². The van der Waals surface area contributed by atoms with Gasteiger partial charge >= 0.3 is 0 Å². The Labute approximate surface area is 555 Å². The molecule has 0 aromatic heterocycles. The van der Waals surface area contributed by atoms with Crippen molar-refractivity contribution in [2.75, 3.05) is 26.9 Å². The van der Waals surface area contributed by atoms with Crippen molar-refractivity contribution in [2.24, 2.45) is 0 Å². The van der Waals surface area contributed by atoms with E-state index in [1.807, 2.05) is 237 Å². The first-order chi connectivity index (χ1) is 46.7. The lowest BCUT2D eigenvalue weighted by molar-refractivity contribution is -0.385. The van der Waals surface area contributed by atoms with Gasteiger partial charge in [0.2, 0.25) is 5.91 Å². The lowest BCUT2D eigenvalue weighted by Crippen LogP contribution is -2.69. The van der Waals surface area contributed by atoms with Crippen LogP contribution >= 0.6 is 0 Å². The molecule has 3 fully saturated rings. The zero-order valence-corrected chi connectivity index (χ0v) is 53.5. The van der Waals surface area contributed by atoms with Gasteiger partial charge in [-0.15, -0.1) is 0 Å². The summed E-state index contributed by atoms with van der Waals surface area (Å²) in [4.78, 5) is 13.9. The van der Waals surface area contributed by atoms with E-state index in [2.05, 4.69) is 5.32 Å². The van der Waals surface area contributed by atoms with Crippen LogP contribution in [0.2, 0.25) is 0 Å². The minimum atomic E-state index is -1.53. The second-order valence-corrected chi connectivity index (χ2v) is 23.7. The van der Waals surface area contributed by atoms with Gasteiger partial charge in [-0.2, -0.15) is 0 Å². The number of ether oxygens (including phenoxy) is 14. The Bertz CT molecular complexity index is 3440. The Morgan fingerprint density at radius 3 is 1.12 bits per heavy atom. The van der Waals surface area contributed by atoms with E-state index in [0.717, 1.165) is 44.5 Å². The second kappa shape index (κ2) is 36.0. The first kappa shape index (κ1) is 68.8. The predicted octanol–water partition coefficient (Wildman–Crippen LogP) is 10.4. The largest absolute Gasteiger partial charge is 0.497 e. The number of hydrogen-bond donors (Lipinski definition) is 3. The number of rotatable bonds is 33. The van der Waals surface area contributed by atoms with E-state index >= 15 is 0 Å². The Hall–Kier alpha value is -7.57. The van der Waals surface area contributed by atoms with Gasteiger partial charge in [-0.1, -0.05) is 224 Å². The summed E-state index contributed by atoms with van der Waals surface area (Å²) in [5.41, 5.74) is 6.91. The molecular weight excluding hydrogens is 1210 g/mol. The summed E-state index contributed by atoms with van der Waals surface area (Å²) < 4.78 is 95.3. The van der Waals surface area contributed by atoms with Crippen LogP contribution < -0.4 is 10.1 Å². The second-order valence-electron chi connectivity index (χ2n) is 23.7. The normalized spacial score (nSPS) is 26.0. The van der Waals surface area contributed by atoms with Crippen LogP contribution in [0.5, 0.6) is 5.75 Å². The molecule has 500 valence electrons. The van der Waals surface area contributed by atoms with Crippen LogP contribution in [0.1, 0.15) is 51.4 Å².